The Kier molecular flexibility index (Phi) is 5.06. The third-order valence-electron chi connectivity index (χ3n) is 3.75. The highest BCUT2D eigenvalue weighted by Gasteiger charge is 2.22. The molecule has 1 heterocycles. The fourth-order valence-corrected chi connectivity index (χ4v) is 2.56. The predicted octanol–water partition coefficient (Wildman–Crippen LogP) is 2.13. The fourth-order valence-electron chi connectivity index (χ4n) is 2.56. The van der Waals surface area contributed by atoms with E-state index in [1.165, 1.54) is 12.1 Å². The molecular formula is C15H19F2NO2. The summed E-state index contributed by atoms with van der Waals surface area (Å²) < 4.78 is 26.2. The number of carbonyl (C=O) groups excluding carboxylic acids is 1. The molecule has 0 aromatic heterocycles. The highest BCUT2D eigenvalue weighted by atomic mass is 19.1. The van der Waals surface area contributed by atoms with Crippen LogP contribution in [0.1, 0.15) is 24.8 Å². The average molecular weight is 283 g/mol. The number of rotatable bonds is 4. The molecule has 0 bridgehead atoms. The van der Waals surface area contributed by atoms with Crippen molar-refractivity contribution in [2.75, 3.05) is 19.7 Å². The van der Waals surface area contributed by atoms with Crippen molar-refractivity contribution in [1.82, 2.24) is 4.90 Å². The van der Waals surface area contributed by atoms with E-state index in [0.717, 1.165) is 18.9 Å². The number of aliphatic hydroxyl groups excluding tert-OH is 1. The van der Waals surface area contributed by atoms with Crippen LogP contribution >= 0.6 is 0 Å². The van der Waals surface area contributed by atoms with Crippen LogP contribution in [-0.2, 0) is 11.2 Å². The molecule has 1 fully saturated rings. The lowest BCUT2D eigenvalue weighted by molar-refractivity contribution is -0.133. The normalized spacial score (nSPS) is 19.1. The van der Waals surface area contributed by atoms with E-state index in [9.17, 15) is 13.6 Å². The molecule has 3 nitrogen and oxygen atoms in total. The topological polar surface area (TPSA) is 40.5 Å². The molecule has 1 amide bonds. The number of piperidine rings is 1. The summed E-state index contributed by atoms with van der Waals surface area (Å²) >= 11 is 0. The standard InChI is InChI=1S/C15H19F2NO2/c16-13-5-3-12(14(17)8-13)4-6-15(20)18-7-1-2-11(9-18)10-19/h3,5,8,11,19H,1-2,4,6-7,9-10H2. The molecule has 1 aromatic rings. The molecule has 1 aliphatic heterocycles. The Hall–Kier alpha value is -1.49. The molecule has 1 unspecified atom stereocenters. The quantitative estimate of drug-likeness (QED) is 0.919. The van der Waals surface area contributed by atoms with Gasteiger partial charge in [0.25, 0.3) is 0 Å². The van der Waals surface area contributed by atoms with Crippen LogP contribution in [0.15, 0.2) is 18.2 Å². The van der Waals surface area contributed by atoms with Crippen LogP contribution in [0.2, 0.25) is 0 Å². The number of benzene rings is 1. The van der Waals surface area contributed by atoms with Crippen molar-refractivity contribution in [3.05, 3.63) is 35.4 Å². The Bertz CT molecular complexity index is 479. The van der Waals surface area contributed by atoms with Crippen molar-refractivity contribution in [2.24, 2.45) is 5.92 Å². The van der Waals surface area contributed by atoms with Crippen molar-refractivity contribution in [2.45, 2.75) is 25.7 Å². The van der Waals surface area contributed by atoms with Gasteiger partial charge in [-0.2, -0.15) is 0 Å². The van der Waals surface area contributed by atoms with Gasteiger partial charge in [0.05, 0.1) is 0 Å². The van der Waals surface area contributed by atoms with E-state index in [1.807, 2.05) is 0 Å². The molecule has 1 N–H and O–H groups in total. The van der Waals surface area contributed by atoms with Crippen LogP contribution in [0.3, 0.4) is 0 Å². The second-order valence-corrected chi connectivity index (χ2v) is 5.27. The van der Waals surface area contributed by atoms with Gasteiger partial charge in [-0.3, -0.25) is 4.79 Å². The summed E-state index contributed by atoms with van der Waals surface area (Å²) in [4.78, 5) is 13.8. The molecule has 0 saturated carbocycles. The van der Waals surface area contributed by atoms with E-state index in [0.29, 0.717) is 18.7 Å². The number of amides is 1. The second-order valence-electron chi connectivity index (χ2n) is 5.27. The number of hydrogen-bond acceptors (Lipinski definition) is 2. The molecule has 0 spiro atoms. The minimum atomic E-state index is -0.612. The Morgan fingerprint density at radius 1 is 1.40 bits per heavy atom. The lowest BCUT2D eigenvalue weighted by Crippen LogP contribution is -2.41. The number of aryl methyl sites for hydroxylation is 1. The van der Waals surface area contributed by atoms with Crippen molar-refractivity contribution >= 4 is 5.91 Å². The number of nitrogens with zero attached hydrogens (tertiary/aromatic N) is 1. The first-order valence-electron chi connectivity index (χ1n) is 6.92. The van der Waals surface area contributed by atoms with Gasteiger partial charge >= 0.3 is 0 Å². The average Bonchev–Trinajstić information content (AvgIpc) is 2.46. The highest BCUT2D eigenvalue weighted by Crippen LogP contribution is 2.18. The maximum atomic E-state index is 13.5. The van der Waals surface area contributed by atoms with Crippen molar-refractivity contribution < 1.29 is 18.7 Å². The van der Waals surface area contributed by atoms with Gasteiger partial charge in [0.2, 0.25) is 5.91 Å². The SMILES string of the molecule is O=C(CCc1ccc(F)cc1F)N1CCCC(CO)C1. The number of halogens is 2. The van der Waals surface area contributed by atoms with Crippen LogP contribution in [0.4, 0.5) is 8.78 Å². The van der Waals surface area contributed by atoms with E-state index in [2.05, 4.69) is 0 Å². The van der Waals surface area contributed by atoms with E-state index in [1.54, 1.807) is 4.90 Å². The van der Waals surface area contributed by atoms with E-state index >= 15 is 0 Å². The zero-order valence-electron chi connectivity index (χ0n) is 11.3. The van der Waals surface area contributed by atoms with Gasteiger partial charge < -0.3 is 10.0 Å². The van der Waals surface area contributed by atoms with Gasteiger partial charge in [0.1, 0.15) is 11.6 Å². The zero-order chi connectivity index (χ0) is 14.5. The molecule has 2 rings (SSSR count). The van der Waals surface area contributed by atoms with E-state index in [-0.39, 0.29) is 31.3 Å². The summed E-state index contributed by atoms with van der Waals surface area (Å²) in [5.74, 6) is -1.11. The maximum absolute atomic E-state index is 13.5. The predicted molar refractivity (Wildman–Crippen MR) is 71.1 cm³/mol. The monoisotopic (exact) mass is 283 g/mol. The first-order valence-corrected chi connectivity index (χ1v) is 6.92. The number of aliphatic hydroxyl groups is 1. The molecule has 20 heavy (non-hydrogen) atoms. The first-order chi connectivity index (χ1) is 9.60. The summed E-state index contributed by atoms with van der Waals surface area (Å²) in [6.45, 7) is 1.36. The van der Waals surface area contributed by atoms with Crippen LogP contribution in [-0.4, -0.2) is 35.6 Å². The molecule has 0 radical (unpaired) electrons. The van der Waals surface area contributed by atoms with Crippen molar-refractivity contribution in [3.8, 4) is 0 Å². The van der Waals surface area contributed by atoms with Gasteiger partial charge in [0, 0.05) is 32.2 Å². The first kappa shape index (κ1) is 14.9. The van der Waals surface area contributed by atoms with E-state index < -0.39 is 11.6 Å². The lowest BCUT2D eigenvalue weighted by Gasteiger charge is -2.32. The number of hydrogen-bond donors (Lipinski definition) is 1. The number of likely N-dealkylation sites (tertiary alicyclic amines) is 1. The lowest BCUT2D eigenvalue weighted by atomic mass is 9.98. The van der Waals surface area contributed by atoms with Crippen LogP contribution in [0, 0.1) is 17.6 Å². The van der Waals surface area contributed by atoms with Gasteiger partial charge in [0.15, 0.2) is 0 Å². The van der Waals surface area contributed by atoms with Gasteiger partial charge in [-0.1, -0.05) is 6.07 Å². The number of carbonyl (C=O) groups is 1. The summed E-state index contributed by atoms with van der Waals surface area (Å²) in [5, 5.41) is 9.14. The largest absolute Gasteiger partial charge is 0.396 e. The molecule has 1 atom stereocenters. The molecular weight excluding hydrogens is 264 g/mol. The summed E-state index contributed by atoms with van der Waals surface area (Å²) in [5.41, 5.74) is 0.357. The Labute approximate surface area is 117 Å². The molecule has 110 valence electrons. The van der Waals surface area contributed by atoms with Gasteiger partial charge in [-0.25, -0.2) is 8.78 Å². The minimum Gasteiger partial charge on any atom is -0.396 e. The molecule has 5 heteroatoms. The third-order valence-corrected chi connectivity index (χ3v) is 3.75. The molecule has 1 aliphatic rings. The zero-order valence-corrected chi connectivity index (χ0v) is 11.3. The Balaban J connectivity index is 1.88. The smallest absolute Gasteiger partial charge is 0.222 e. The summed E-state index contributed by atoms with van der Waals surface area (Å²) in [6, 6.07) is 3.42. The Morgan fingerprint density at radius 3 is 2.90 bits per heavy atom. The van der Waals surface area contributed by atoms with Crippen molar-refractivity contribution in [1.29, 1.82) is 0 Å². The molecule has 0 aliphatic carbocycles. The summed E-state index contributed by atoms with van der Waals surface area (Å²) in [6.07, 6.45) is 2.31. The third kappa shape index (κ3) is 3.76. The minimum absolute atomic E-state index is 0.0353. The van der Waals surface area contributed by atoms with Crippen LogP contribution < -0.4 is 0 Å². The molecule has 1 saturated heterocycles. The van der Waals surface area contributed by atoms with Crippen LogP contribution in [0.25, 0.3) is 0 Å². The summed E-state index contributed by atoms with van der Waals surface area (Å²) in [7, 11) is 0. The molecule has 1 aromatic carbocycles. The highest BCUT2D eigenvalue weighted by molar-refractivity contribution is 5.76. The second kappa shape index (κ2) is 6.79. The maximum Gasteiger partial charge on any atom is 0.222 e. The van der Waals surface area contributed by atoms with Gasteiger partial charge in [-0.05, 0) is 36.8 Å². The van der Waals surface area contributed by atoms with Crippen LogP contribution in [0.5, 0.6) is 0 Å². The van der Waals surface area contributed by atoms with E-state index in [4.69, 9.17) is 5.11 Å². The van der Waals surface area contributed by atoms with Crippen molar-refractivity contribution in [3.63, 3.8) is 0 Å². The fraction of sp³-hybridized carbons (Fsp3) is 0.533. The van der Waals surface area contributed by atoms with Gasteiger partial charge in [-0.15, -0.1) is 0 Å². The Morgan fingerprint density at radius 2 is 2.20 bits per heavy atom.